The molecule has 0 bridgehead atoms. The molecule has 6 heteroatoms. The zero-order chi connectivity index (χ0) is 14.9. The Morgan fingerprint density at radius 3 is 3.05 bits per heavy atom. The number of fused-ring (bicyclic) bond motifs is 2. The van der Waals surface area contributed by atoms with Crippen LogP contribution in [0, 0.1) is 0 Å². The molecule has 22 heavy (non-hydrogen) atoms. The maximum Gasteiger partial charge on any atom is 0.228 e. The molecule has 2 aromatic carbocycles. The van der Waals surface area contributed by atoms with Crippen LogP contribution in [0.2, 0.25) is 0 Å². The normalized spacial score (nSPS) is 11.1. The standard InChI is InChI=1S/C16H13N5O/c22-16(6-10-1-4-13-15(5-10)18-9-17-13)20-12-3-2-11-8-19-21-14(11)7-12/h1-5,7-9H,6H2,(H,17,18)(H,19,21)(H,20,22). The molecular weight excluding hydrogens is 278 g/mol. The largest absolute Gasteiger partial charge is 0.345 e. The molecule has 108 valence electrons. The van der Waals surface area contributed by atoms with Gasteiger partial charge in [-0.05, 0) is 35.9 Å². The summed E-state index contributed by atoms with van der Waals surface area (Å²) < 4.78 is 0. The predicted molar refractivity (Wildman–Crippen MR) is 84.5 cm³/mol. The van der Waals surface area contributed by atoms with E-state index in [0.717, 1.165) is 33.2 Å². The van der Waals surface area contributed by atoms with Gasteiger partial charge in [0.05, 0.1) is 35.5 Å². The summed E-state index contributed by atoms with van der Waals surface area (Å²) in [5, 5.41) is 10.8. The van der Waals surface area contributed by atoms with Crippen LogP contribution in [0.5, 0.6) is 0 Å². The molecular formula is C16H13N5O. The van der Waals surface area contributed by atoms with Gasteiger partial charge in [0.1, 0.15) is 0 Å². The Morgan fingerprint density at radius 1 is 1.14 bits per heavy atom. The van der Waals surface area contributed by atoms with Crippen LogP contribution in [-0.4, -0.2) is 26.1 Å². The Balaban J connectivity index is 1.51. The number of carbonyl (C=O) groups excluding carboxylic acids is 1. The Bertz CT molecular complexity index is 891. The number of hydrogen-bond donors (Lipinski definition) is 3. The number of anilines is 1. The molecule has 6 nitrogen and oxygen atoms in total. The lowest BCUT2D eigenvalue weighted by molar-refractivity contribution is -0.115. The quantitative estimate of drug-likeness (QED) is 0.542. The molecule has 0 aliphatic heterocycles. The number of hydrogen-bond acceptors (Lipinski definition) is 3. The molecule has 0 radical (unpaired) electrons. The zero-order valence-corrected chi connectivity index (χ0v) is 11.6. The minimum absolute atomic E-state index is 0.0577. The van der Waals surface area contributed by atoms with Crippen LogP contribution < -0.4 is 5.32 Å². The Labute approximate surface area is 125 Å². The van der Waals surface area contributed by atoms with Crippen molar-refractivity contribution in [1.82, 2.24) is 20.2 Å². The van der Waals surface area contributed by atoms with Crippen molar-refractivity contribution in [2.24, 2.45) is 0 Å². The third-order valence-corrected chi connectivity index (χ3v) is 3.58. The second kappa shape index (κ2) is 5.00. The van der Waals surface area contributed by atoms with E-state index in [2.05, 4.69) is 25.5 Å². The number of aromatic nitrogens is 4. The molecule has 3 N–H and O–H groups in total. The number of H-pyrrole nitrogens is 2. The van der Waals surface area contributed by atoms with Gasteiger partial charge in [0.25, 0.3) is 0 Å². The molecule has 0 spiro atoms. The van der Waals surface area contributed by atoms with Gasteiger partial charge in [-0.25, -0.2) is 4.98 Å². The van der Waals surface area contributed by atoms with Gasteiger partial charge in [-0.15, -0.1) is 0 Å². The van der Waals surface area contributed by atoms with Crippen molar-refractivity contribution in [3.8, 4) is 0 Å². The average Bonchev–Trinajstić information content (AvgIpc) is 3.14. The highest BCUT2D eigenvalue weighted by Gasteiger charge is 2.07. The van der Waals surface area contributed by atoms with E-state index in [1.165, 1.54) is 0 Å². The summed E-state index contributed by atoms with van der Waals surface area (Å²) in [7, 11) is 0. The molecule has 0 fully saturated rings. The van der Waals surface area contributed by atoms with Gasteiger partial charge in [0.15, 0.2) is 0 Å². The van der Waals surface area contributed by atoms with Gasteiger partial charge in [-0.2, -0.15) is 5.10 Å². The maximum atomic E-state index is 12.2. The van der Waals surface area contributed by atoms with Crippen LogP contribution in [-0.2, 0) is 11.2 Å². The van der Waals surface area contributed by atoms with Gasteiger partial charge in [0, 0.05) is 11.1 Å². The van der Waals surface area contributed by atoms with E-state index < -0.39 is 0 Å². The van der Waals surface area contributed by atoms with Crippen molar-refractivity contribution in [2.75, 3.05) is 5.32 Å². The van der Waals surface area contributed by atoms with Crippen LogP contribution in [0.25, 0.3) is 21.9 Å². The molecule has 4 aromatic rings. The van der Waals surface area contributed by atoms with E-state index in [0.29, 0.717) is 6.42 Å². The first-order chi connectivity index (χ1) is 10.8. The number of imidazole rings is 1. The van der Waals surface area contributed by atoms with Crippen molar-refractivity contribution in [3.05, 3.63) is 54.5 Å². The average molecular weight is 291 g/mol. The first kappa shape index (κ1) is 12.6. The molecule has 0 unspecified atom stereocenters. The number of carbonyl (C=O) groups is 1. The zero-order valence-electron chi connectivity index (χ0n) is 11.6. The molecule has 2 heterocycles. The van der Waals surface area contributed by atoms with Crippen molar-refractivity contribution in [3.63, 3.8) is 0 Å². The summed E-state index contributed by atoms with van der Waals surface area (Å²) in [5.74, 6) is -0.0577. The minimum Gasteiger partial charge on any atom is -0.345 e. The lowest BCUT2D eigenvalue weighted by Gasteiger charge is -2.05. The van der Waals surface area contributed by atoms with Crippen molar-refractivity contribution in [2.45, 2.75) is 6.42 Å². The van der Waals surface area contributed by atoms with E-state index in [1.807, 2.05) is 36.4 Å². The van der Waals surface area contributed by atoms with Gasteiger partial charge in [0.2, 0.25) is 5.91 Å². The highest BCUT2D eigenvalue weighted by Crippen LogP contribution is 2.17. The lowest BCUT2D eigenvalue weighted by atomic mass is 10.1. The molecule has 0 saturated heterocycles. The summed E-state index contributed by atoms with van der Waals surface area (Å²) in [6.45, 7) is 0. The van der Waals surface area contributed by atoms with E-state index in [1.54, 1.807) is 12.5 Å². The first-order valence-electron chi connectivity index (χ1n) is 6.93. The summed E-state index contributed by atoms with van der Waals surface area (Å²) >= 11 is 0. The highest BCUT2D eigenvalue weighted by atomic mass is 16.1. The van der Waals surface area contributed by atoms with Crippen LogP contribution in [0.1, 0.15) is 5.56 Å². The fourth-order valence-electron chi connectivity index (χ4n) is 2.50. The van der Waals surface area contributed by atoms with E-state index in [-0.39, 0.29) is 5.91 Å². The van der Waals surface area contributed by atoms with E-state index in [9.17, 15) is 4.79 Å². The number of nitrogens with zero attached hydrogens (tertiary/aromatic N) is 2. The number of nitrogens with one attached hydrogen (secondary N) is 3. The molecule has 2 aromatic heterocycles. The summed E-state index contributed by atoms with van der Waals surface area (Å²) in [6.07, 6.45) is 3.71. The molecule has 0 aliphatic carbocycles. The second-order valence-corrected chi connectivity index (χ2v) is 5.15. The van der Waals surface area contributed by atoms with Crippen molar-refractivity contribution < 1.29 is 4.79 Å². The minimum atomic E-state index is -0.0577. The van der Waals surface area contributed by atoms with Gasteiger partial charge in [-0.3, -0.25) is 9.89 Å². The molecule has 0 atom stereocenters. The first-order valence-corrected chi connectivity index (χ1v) is 6.93. The van der Waals surface area contributed by atoms with E-state index in [4.69, 9.17) is 0 Å². The molecule has 0 saturated carbocycles. The topological polar surface area (TPSA) is 86.5 Å². The maximum absolute atomic E-state index is 12.2. The Hall–Kier alpha value is -3.15. The number of amides is 1. The van der Waals surface area contributed by atoms with Crippen molar-refractivity contribution in [1.29, 1.82) is 0 Å². The number of aromatic amines is 2. The van der Waals surface area contributed by atoms with Gasteiger partial charge >= 0.3 is 0 Å². The van der Waals surface area contributed by atoms with Gasteiger partial charge < -0.3 is 10.3 Å². The van der Waals surface area contributed by atoms with Crippen LogP contribution in [0.15, 0.2) is 48.9 Å². The fourth-order valence-corrected chi connectivity index (χ4v) is 2.50. The molecule has 1 amide bonds. The molecule has 0 aliphatic rings. The fraction of sp³-hybridized carbons (Fsp3) is 0.0625. The Kier molecular flexibility index (Phi) is 2.86. The van der Waals surface area contributed by atoms with Crippen molar-refractivity contribution >= 4 is 33.5 Å². The summed E-state index contributed by atoms with van der Waals surface area (Å²) in [4.78, 5) is 19.4. The summed E-state index contributed by atoms with van der Waals surface area (Å²) in [5.41, 5.74) is 4.43. The van der Waals surface area contributed by atoms with Crippen LogP contribution >= 0.6 is 0 Å². The SMILES string of the molecule is O=C(Cc1ccc2nc[nH]c2c1)Nc1ccc2cn[nH]c2c1. The number of benzene rings is 2. The van der Waals surface area contributed by atoms with Gasteiger partial charge in [-0.1, -0.05) is 6.07 Å². The molecule has 4 rings (SSSR count). The highest BCUT2D eigenvalue weighted by molar-refractivity contribution is 5.95. The smallest absolute Gasteiger partial charge is 0.228 e. The number of rotatable bonds is 3. The van der Waals surface area contributed by atoms with Crippen LogP contribution in [0.3, 0.4) is 0 Å². The Morgan fingerprint density at radius 2 is 2.09 bits per heavy atom. The third kappa shape index (κ3) is 2.31. The van der Waals surface area contributed by atoms with Crippen LogP contribution in [0.4, 0.5) is 5.69 Å². The summed E-state index contributed by atoms with van der Waals surface area (Å²) in [6, 6.07) is 11.4. The third-order valence-electron chi connectivity index (χ3n) is 3.58. The monoisotopic (exact) mass is 291 g/mol. The lowest BCUT2D eigenvalue weighted by Crippen LogP contribution is -2.14. The predicted octanol–water partition coefficient (Wildman–Crippen LogP) is 2.62. The second-order valence-electron chi connectivity index (χ2n) is 5.15. The van der Waals surface area contributed by atoms with E-state index >= 15 is 0 Å².